The van der Waals surface area contributed by atoms with Gasteiger partial charge in [0.15, 0.2) is 0 Å². The molecule has 22 heavy (non-hydrogen) atoms. The molecule has 0 spiro atoms. The highest BCUT2D eigenvalue weighted by atomic mass is 19.1. The van der Waals surface area contributed by atoms with Gasteiger partial charge >= 0.3 is 6.03 Å². The summed E-state index contributed by atoms with van der Waals surface area (Å²) in [5, 5.41) is 15.2. The minimum atomic E-state index is -1.09. The number of hydrogen-bond donors (Lipinski definition) is 3. The largest absolute Gasteiger partial charge is 0.386 e. The second kappa shape index (κ2) is 7.04. The van der Waals surface area contributed by atoms with E-state index in [2.05, 4.69) is 10.6 Å². The number of aliphatic hydroxyl groups is 1. The molecule has 0 aliphatic rings. The molecule has 2 rings (SSSR count). The fourth-order valence-electron chi connectivity index (χ4n) is 2.10. The van der Waals surface area contributed by atoms with Gasteiger partial charge in [-0.25, -0.2) is 9.18 Å². The number of carbonyl (C=O) groups excluding carboxylic acids is 1. The standard InChI is InChI=1S/C17H19FN2O2/c1-11-6-5-9-15(12(11)2)20-17(22)19-10-16(21)13-7-3-4-8-14(13)18/h3-9,16,21H,10H2,1-2H3,(H2,19,20,22)/t16-/m0/s1. The van der Waals surface area contributed by atoms with Gasteiger partial charge in [0.25, 0.3) is 0 Å². The molecule has 0 bridgehead atoms. The van der Waals surface area contributed by atoms with Crippen molar-refractivity contribution in [3.63, 3.8) is 0 Å². The summed E-state index contributed by atoms with van der Waals surface area (Å²) in [6.07, 6.45) is -1.09. The Morgan fingerprint density at radius 2 is 1.91 bits per heavy atom. The number of rotatable bonds is 4. The zero-order chi connectivity index (χ0) is 16.1. The number of halogens is 1. The number of anilines is 1. The number of hydrogen-bond acceptors (Lipinski definition) is 2. The first-order valence-electron chi connectivity index (χ1n) is 7.02. The van der Waals surface area contributed by atoms with Gasteiger partial charge in [-0.2, -0.15) is 0 Å². The van der Waals surface area contributed by atoms with Gasteiger partial charge in [0.05, 0.1) is 6.10 Å². The summed E-state index contributed by atoms with van der Waals surface area (Å²) in [7, 11) is 0. The van der Waals surface area contributed by atoms with E-state index in [1.165, 1.54) is 12.1 Å². The zero-order valence-electron chi connectivity index (χ0n) is 12.6. The van der Waals surface area contributed by atoms with Crippen LogP contribution in [0.2, 0.25) is 0 Å². The van der Waals surface area contributed by atoms with Crippen molar-refractivity contribution in [3.05, 3.63) is 65.0 Å². The number of amides is 2. The van der Waals surface area contributed by atoms with Crippen molar-refractivity contribution in [1.29, 1.82) is 0 Å². The van der Waals surface area contributed by atoms with E-state index in [1.807, 2.05) is 26.0 Å². The molecule has 2 aromatic rings. The topological polar surface area (TPSA) is 61.4 Å². The van der Waals surface area contributed by atoms with Crippen molar-refractivity contribution in [2.45, 2.75) is 20.0 Å². The van der Waals surface area contributed by atoms with Crippen molar-refractivity contribution in [2.75, 3.05) is 11.9 Å². The SMILES string of the molecule is Cc1cccc(NC(=O)NC[C@H](O)c2ccccc2F)c1C. The van der Waals surface area contributed by atoms with E-state index >= 15 is 0 Å². The molecule has 2 amide bonds. The van der Waals surface area contributed by atoms with E-state index in [0.29, 0.717) is 5.69 Å². The van der Waals surface area contributed by atoms with E-state index in [1.54, 1.807) is 18.2 Å². The molecule has 0 heterocycles. The van der Waals surface area contributed by atoms with Gasteiger partial charge in [0.1, 0.15) is 5.82 Å². The quantitative estimate of drug-likeness (QED) is 0.811. The summed E-state index contributed by atoms with van der Waals surface area (Å²) in [4.78, 5) is 11.9. The van der Waals surface area contributed by atoms with Gasteiger partial charge in [-0.05, 0) is 37.1 Å². The number of aryl methyl sites for hydroxylation is 1. The molecular formula is C17H19FN2O2. The molecule has 3 N–H and O–H groups in total. The van der Waals surface area contributed by atoms with Crippen LogP contribution in [0.3, 0.4) is 0 Å². The van der Waals surface area contributed by atoms with Crippen LogP contribution in [0.25, 0.3) is 0 Å². The van der Waals surface area contributed by atoms with Crippen LogP contribution in [0.15, 0.2) is 42.5 Å². The minimum absolute atomic E-state index is 0.0718. The van der Waals surface area contributed by atoms with E-state index in [4.69, 9.17) is 0 Å². The third kappa shape index (κ3) is 3.83. The monoisotopic (exact) mass is 302 g/mol. The zero-order valence-corrected chi connectivity index (χ0v) is 12.6. The van der Waals surface area contributed by atoms with Gasteiger partial charge in [-0.15, -0.1) is 0 Å². The maximum atomic E-state index is 13.5. The molecule has 0 unspecified atom stereocenters. The molecule has 4 nitrogen and oxygen atoms in total. The molecule has 2 aromatic carbocycles. The van der Waals surface area contributed by atoms with E-state index in [0.717, 1.165) is 11.1 Å². The first-order valence-corrected chi connectivity index (χ1v) is 7.02. The van der Waals surface area contributed by atoms with Crippen LogP contribution in [0.5, 0.6) is 0 Å². The lowest BCUT2D eigenvalue weighted by Gasteiger charge is -2.15. The normalized spacial score (nSPS) is 11.8. The highest BCUT2D eigenvalue weighted by Gasteiger charge is 2.13. The maximum absolute atomic E-state index is 13.5. The lowest BCUT2D eigenvalue weighted by Crippen LogP contribution is -2.32. The Labute approximate surface area is 129 Å². The summed E-state index contributed by atoms with van der Waals surface area (Å²) in [5.74, 6) is -0.494. The summed E-state index contributed by atoms with van der Waals surface area (Å²) in [6.45, 7) is 3.80. The fraction of sp³-hybridized carbons (Fsp3) is 0.235. The molecule has 5 heteroatoms. The predicted molar refractivity (Wildman–Crippen MR) is 84.3 cm³/mol. The summed E-state index contributed by atoms with van der Waals surface area (Å²) < 4.78 is 13.5. The van der Waals surface area contributed by atoms with Crippen LogP contribution in [0.1, 0.15) is 22.8 Å². The van der Waals surface area contributed by atoms with Crippen LogP contribution < -0.4 is 10.6 Å². The molecule has 0 fully saturated rings. The van der Waals surface area contributed by atoms with Crippen LogP contribution in [-0.2, 0) is 0 Å². The average molecular weight is 302 g/mol. The van der Waals surface area contributed by atoms with Gasteiger partial charge in [0, 0.05) is 17.8 Å². The van der Waals surface area contributed by atoms with E-state index in [-0.39, 0.29) is 12.1 Å². The third-order valence-electron chi connectivity index (χ3n) is 3.57. The van der Waals surface area contributed by atoms with Crippen molar-refractivity contribution in [3.8, 4) is 0 Å². The Morgan fingerprint density at radius 1 is 1.18 bits per heavy atom. The first-order chi connectivity index (χ1) is 10.5. The lowest BCUT2D eigenvalue weighted by molar-refractivity contribution is 0.170. The molecule has 0 saturated carbocycles. The Morgan fingerprint density at radius 3 is 2.64 bits per heavy atom. The van der Waals surface area contributed by atoms with Gasteiger partial charge in [0.2, 0.25) is 0 Å². The number of aliphatic hydroxyl groups excluding tert-OH is 1. The molecule has 0 aromatic heterocycles. The molecule has 0 aliphatic carbocycles. The second-order valence-corrected chi connectivity index (χ2v) is 5.12. The third-order valence-corrected chi connectivity index (χ3v) is 3.57. The van der Waals surface area contributed by atoms with E-state index in [9.17, 15) is 14.3 Å². The van der Waals surface area contributed by atoms with Crippen molar-refractivity contribution < 1.29 is 14.3 Å². The molecule has 1 atom stereocenters. The maximum Gasteiger partial charge on any atom is 0.319 e. The Hall–Kier alpha value is -2.40. The molecule has 0 aliphatic heterocycles. The summed E-state index contributed by atoms with van der Waals surface area (Å²) in [5.41, 5.74) is 2.92. The highest BCUT2D eigenvalue weighted by Crippen LogP contribution is 2.18. The van der Waals surface area contributed by atoms with Crippen LogP contribution in [0.4, 0.5) is 14.9 Å². The molecule has 0 radical (unpaired) electrons. The number of carbonyl (C=O) groups is 1. The highest BCUT2D eigenvalue weighted by molar-refractivity contribution is 5.90. The predicted octanol–water partition coefficient (Wildman–Crippen LogP) is 3.30. The minimum Gasteiger partial charge on any atom is -0.386 e. The molecule has 0 saturated heterocycles. The van der Waals surface area contributed by atoms with Crippen molar-refractivity contribution in [1.82, 2.24) is 5.32 Å². The fourth-order valence-corrected chi connectivity index (χ4v) is 2.10. The second-order valence-electron chi connectivity index (χ2n) is 5.12. The Bertz CT molecular complexity index is 673. The Balaban J connectivity index is 1.93. The lowest BCUT2D eigenvalue weighted by atomic mass is 10.1. The molecule has 116 valence electrons. The molecular weight excluding hydrogens is 283 g/mol. The van der Waals surface area contributed by atoms with Crippen molar-refractivity contribution in [2.24, 2.45) is 0 Å². The number of nitrogens with one attached hydrogen (secondary N) is 2. The van der Waals surface area contributed by atoms with Crippen LogP contribution in [-0.4, -0.2) is 17.7 Å². The summed E-state index contributed by atoms with van der Waals surface area (Å²) in [6, 6.07) is 11.1. The van der Waals surface area contributed by atoms with Crippen LogP contribution >= 0.6 is 0 Å². The first kappa shape index (κ1) is 16.0. The average Bonchev–Trinajstić information content (AvgIpc) is 2.50. The van der Waals surface area contributed by atoms with Crippen LogP contribution in [0, 0.1) is 19.7 Å². The van der Waals surface area contributed by atoms with E-state index < -0.39 is 18.0 Å². The van der Waals surface area contributed by atoms with Gasteiger partial charge < -0.3 is 15.7 Å². The smallest absolute Gasteiger partial charge is 0.319 e. The van der Waals surface area contributed by atoms with Crippen molar-refractivity contribution >= 4 is 11.7 Å². The van der Waals surface area contributed by atoms with Gasteiger partial charge in [-0.1, -0.05) is 30.3 Å². The number of benzene rings is 2. The van der Waals surface area contributed by atoms with Gasteiger partial charge in [-0.3, -0.25) is 0 Å². The number of urea groups is 1. The Kier molecular flexibility index (Phi) is 5.12. The summed E-state index contributed by atoms with van der Waals surface area (Å²) >= 11 is 0.